The van der Waals surface area contributed by atoms with Crippen molar-refractivity contribution in [2.45, 2.75) is 19.8 Å². The Morgan fingerprint density at radius 2 is 1.40 bits per heavy atom. The highest BCUT2D eigenvalue weighted by Gasteiger charge is 2.38. The van der Waals surface area contributed by atoms with Gasteiger partial charge in [-0.25, -0.2) is 0 Å². The highest BCUT2D eigenvalue weighted by atomic mass is 79.9. The molecular weight excluding hydrogens is 316 g/mol. The van der Waals surface area contributed by atoms with Crippen LogP contribution in [0.5, 0.6) is 0 Å². The smallest absolute Gasteiger partial charge is 0.174 e. The Bertz CT molecular complexity index is 763. The summed E-state index contributed by atoms with van der Waals surface area (Å²) in [6.45, 7) is 3.47. The average Bonchev–Trinajstić information content (AvgIpc) is 2.65. The number of carbonyl (C=O) groups excluding carboxylic acids is 2. The molecule has 3 heteroatoms. The maximum absolute atomic E-state index is 12.4. The lowest BCUT2D eigenvalue weighted by molar-refractivity contribution is -0.123. The second kappa shape index (κ2) is 4.67. The van der Waals surface area contributed by atoms with E-state index in [1.165, 1.54) is 0 Å². The number of ketones is 2. The number of hydrogen-bond acceptors (Lipinski definition) is 2. The molecule has 0 saturated carbocycles. The van der Waals surface area contributed by atoms with E-state index in [-0.39, 0.29) is 11.6 Å². The average molecular weight is 329 g/mol. The van der Waals surface area contributed by atoms with E-state index in [4.69, 9.17) is 0 Å². The highest BCUT2D eigenvalue weighted by molar-refractivity contribution is 9.10. The zero-order valence-corrected chi connectivity index (χ0v) is 12.8. The first-order valence-corrected chi connectivity index (χ1v) is 7.24. The molecule has 100 valence electrons. The third-order valence-corrected chi connectivity index (χ3v) is 4.73. The maximum Gasteiger partial charge on any atom is 0.174 e. The van der Waals surface area contributed by atoms with Crippen LogP contribution < -0.4 is 0 Å². The molecule has 0 atom stereocenters. The van der Waals surface area contributed by atoms with Crippen molar-refractivity contribution in [1.29, 1.82) is 0 Å². The van der Waals surface area contributed by atoms with Crippen LogP contribution >= 0.6 is 15.9 Å². The summed E-state index contributed by atoms with van der Waals surface area (Å²) in [5.41, 5.74) is 1.98. The van der Waals surface area contributed by atoms with Gasteiger partial charge < -0.3 is 0 Å². The molecule has 0 bridgehead atoms. The Kier molecular flexibility index (Phi) is 3.09. The van der Waals surface area contributed by atoms with E-state index in [0.717, 1.165) is 20.8 Å². The van der Waals surface area contributed by atoms with Gasteiger partial charge in [0.05, 0.1) is 0 Å². The Hall–Kier alpha value is -1.74. The summed E-state index contributed by atoms with van der Waals surface area (Å²) in [6, 6.07) is 11.6. The van der Waals surface area contributed by atoms with Crippen LogP contribution in [0.3, 0.4) is 0 Å². The quantitative estimate of drug-likeness (QED) is 0.736. The van der Waals surface area contributed by atoms with E-state index in [0.29, 0.717) is 11.1 Å². The van der Waals surface area contributed by atoms with Crippen molar-refractivity contribution in [1.82, 2.24) is 0 Å². The minimum Gasteiger partial charge on any atom is -0.293 e. The van der Waals surface area contributed by atoms with E-state index in [1.54, 1.807) is 13.8 Å². The number of Topliss-reactive ketones (excluding diaryl/α,β-unsaturated/α-hetero) is 2. The molecule has 0 N–H and O–H groups in total. The van der Waals surface area contributed by atoms with Crippen LogP contribution in [-0.4, -0.2) is 11.6 Å². The predicted molar refractivity (Wildman–Crippen MR) is 82.8 cm³/mol. The van der Waals surface area contributed by atoms with Crippen LogP contribution in [0.25, 0.3) is 10.8 Å². The van der Waals surface area contributed by atoms with Crippen LogP contribution in [0.1, 0.15) is 25.3 Å². The van der Waals surface area contributed by atoms with Gasteiger partial charge in [-0.3, -0.25) is 9.59 Å². The third kappa shape index (κ3) is 1.77. The summed E-state index contributed by atoms with van der Waals surface area (Å²) < 4.78 is 0.969. The Morgan fingerprint density at radius 1 is 0.850 bits per heavy atom. The number of allylic oxidation sites excluding steroid dienone is 2. The molecule has 0 amide bonds. The summed E-state index contributed by atoms with van der Waals surface area (Å²) in [7, 11) is 0. The van der Waals surface area contributed by atoms with Crippen molar-refractivity contribution in [3.8, 4) is 0 Å². The number of carbonyl (C=O) groups is 2. The van der Waals surface area contributed by atoms with E-state index < -0.39 is 5.92 Å². The second-order valence-electron chi connectivity index (χ2n) is 5.09. The van der Waals surface area contributed by atoms with E-state index in [2.05, 4.69) is 15.9 Å². The van der Waals surface area contributed by atoms with Gasteiger partial charge in [-0.15, -0.1) is 0 Å². The fourth-order valence-electron chi connectivity index (χ4n) is 2.74. The molecule has 0 unspecified atom stereocenters. The van der Waals surface area contributed by atoms with Crippen molar-refractivity contribution >= 4 is 38.3 Å². The fraction of sp³-hybridized carbons (Fsp3) is 0.176. The van der Waals surface area contributed by atoms with Gasteiger partial charge in [0.25, 0.3) is 0 Å². The van der Waals surface area contributed by atoms with Crippen molar-refractivity contribution < 1.29 is 9.59 Å². The number of fused-ring (bicyclic) bond motifs is 1. The topological polar surface area (TPSA) is 34.1 Å². The SMILES string of the molecule is CC1=C(C)C(=O)C(c2ccc(Br)c3ccccc23)C1=O. The normalized spacial score (nSPS) is 16.6. The van der Waals surface area contributed by atoms with Gasteiger partial charge in [-0.2, -0.15) is 0 Å². The summed E-state index contributed by atoms with van der Waals surface area (Å²) in [5, 5.41) is 1.98. The van der Waals surface area contributed by atoms with Crippen molar-refractivity contribution in [2.75, 3.05) is 0 Å². The highest BCUT2D eigenvalue weighted by Crippen LogP contribution is 2.37. The maximum atomic E-state index is 12.4. The molecule has 0 fully saturated rings. The molecule has 2 aromatic rings. The first-order valence-electron chi connectivity index (χ1n) is 6.45. The molecule has 0 aliphatic heterocycles. The summed E-state index contributed by atoms with van der Waals surface area (Å²) in [4.78, 5) is 24.7. The molecule has 20 heavy (non-hydrogen) atoms. The standard InChI is InChI=1S/C17H13BrO2/c1-9-10(2)17(20)15(16(9)19)13-7-8-14(18)12-6-4-3-5-11(12)13/h3-8,15H,1-2H3. The van der Waals surface area contributed by atoms with Crippen LogP contribution in [0, 0.1) is 0 Å². The van der Waals surface area contributed by atoms with Gasteiger partial charge in [0.1, 0.15) is 5.92 Å². The van der Waals surface area contributed by atoms with Gasteiger partial charge in [0.2, 0.25) is 0 Å². The second-order valence-corrected chi connectivity index (χ2v) is 5.95. The van der Waals surface area contributed by atoms with Gasteiger partial charge >= 0.3 is 0 Å². The van der Waals surface area contributed by atoms with Crippen molar-refractivity contribution in [2.24, 2.45) is 0 Å². The first kappa shape index (κ1) is 13.3. The molecular formula is C17H13BrO2. The zero-order chi connectivity index (χ0) is 14.4. The molecule has 0 heterocycles. The largest absolute Gasteiger partial charge is 0.293 e. The van der Waals surface area contributed by atoms with Crippen molar-refractivity contribution in [3.05, 3.63) is 57.6 Å². The van der Waals surface area contributed by atoms with Crippen molar-refractivity contribution in [3.63, 3.8) is 0 Å². The molecule has 0 aromatic heterocycles. The lowest BCUT2D eigenvalue weighted by Crippen LogP contribution is -2.15. The van der Waals surface area contributed by atoms with E-state index in [1.807, 2.05) is 36.4 Å². The molecule has 1 aliphatic rings. The minimum absolute atomic E-state index is 0.0695. The number of benzene rings is 2. The molecule has 0 saturated heterocycles. The van der Waals surface area contributed by atoms with Gasteiger partial charge in [-0.05, 0) is 47.4 Å². The van der Waals surface area contributed by atoms with Gasteiger partial charge in [0.15, 0.2) is 11.6 Å². The summed E-state index contributed by atoms with van der Waals surface area (Å²) in [5.74, 6) is -0.812. The number of rotatable bonds is 1. The minimum atomic E-state index is -0.673. The Morgan fingerprint density at radius 3 is 2.00 bits per heavy atom. The molecule has 0 spiro atoms. The molecule has 2 aromatic carbocycles. The third-order valence-electron chi connectivity index (χ3n) is 4.04. The van der Waals surface area contributed by atoms with Gasteiger partial charge in [-0.1, -0.05) is 46.3 Å². The van der Waals surface area contributed by atoms with Crippen LogP contribution in [0.15, 0.2) is 52.0 Å². The van der Waals surface area contributed by atoms with Gasteiger partial charge in [0, 0.05) is 4.47 Å². The van der Waals surface area contributed by atoms with E-state index >= 15 is 0 Å². The lowest BCUT2D eigenvalue weighted by atomic mass is 9.89. The summed E-state index contributed by atoms with van der Waals surface area (Å²) in [6.07, 6.45) is 0. The Labute approximate surface area is 125 Å². The molecule has 1 aliphatic carbocycles. The zero-order valence-electron chi connectivity index (χ0n) is 11.2. The number of halogens is 1. The Balaban J connectivity index is 2.25. The van der Waals surface area contributed by atoms with Crippen LogP contribution in [-0.2, 0) is 9.59 Å². The summed E-state index contributed by atoms with van der Waals surface area (Å²) >= 11 is 3.51. The monoisotopic (exact) mass is 328 g/mol. The van der Waals surface area contributed by atoms with Crippen LogP contribution in [0.4, 0.5) is 0 Å². The lowest BCUT2D eigenvalue weighted by Gasteiger charge is -2.13. The predicted octanol–water partition coefficient (Wildman–Crippen LogP) is 4.17. The number of hydrogen-bond donors (Lipinski definition) is 0. The van der Waals surface area contributed by atoms with E-state index in [9.17, 15) is 9.59 Å². The van der Waals surface area contributed by atoms with Crippen LogP contribution in [0.2, 0.25) is 0 Å². The first-order chi connectivity index (χ1) is 9.52. The fourth-order valence-corrected chi connectivity index (χ4v) is 3.22. The molecule has 3 rings (SSSR count). The molecule has 2 nitrogen and oxygen atoms in total. The molecule has 0 radical (unpaired) electrons.